The van der Waals surface area contributed by atoms with Gasteiger partial charge in [-0.2, -0.15) is 0 Å². The van der Waals surface area contributed by atoms with E-state index in [0.29, 0.717) is 11.1 Å². The highest BCUT2D eigenvalue weighted by atomic mass is 16.6. The van der Waals surface area contributed by atoms with Crippen molar-refractivity contribution in [2.75, 3.05) is 0 Å². The van der Waals surface area contributed by atoms with E-state index >= 15 is 0 Å². The number of aliphatic hydroxyl groups excluding tert-OH is 1. The number of hydrogen-bond donors (Lipinski definition) is 4. The standard InChI is InChI=1S/C13H16O6/c1-4-6(3)19-13(18)8-7(4)5(2)10(14)9(11(8)15)12(16)17/h4,6,13-15,18H,1-3H3,(H,16,17)/t4-,6-,13+/m0/s1. The van der Waals surface area contributed by atoms with Gasteiger partial charge in [-0.3, -0.25) is 0 Å². The number of benzene rings is 1. The number of rotatable bonds is 1. The summed E-state index contributed by atoms with van der Waals surface area (Å²) in [4.78, 5) is 11.1. The van der Waals surface area contributed by atoms with Crippen LogP contribution in [0.5, 0.6) is 11.5 Å². The van der Waals surface area contributed by atoms with Crippen LogP contribution in [0, 0.1) is 6.92 Å². The van der Waals surface area contributed by atoms with Crippen molar-refractivity contribution in [3.05, 3.63) is 22.3 Å². The van der Waals surface area contributed by atoms with E-state index in [2.05, 4.69) is 0 Å². The van der Waals surface area contributed by atoms with Crippen molar-refractivity contribution in [2.24, 2.45) is 0 Å². The van der Waals surface area contributed by atoms with Crippen LogP contribution in [0.15, 0.2) is 0 Å². The second kappa shape index (κ2) is 4.40. The second-order valence-electron chi connectivity index (χ2n) is 4.81. The Kier molecular flexibility index (Phi) is 3.15. The number of aromatic carboxylic acids is 1. The van der Waals surface area contributed by atoms with Gasteiger partial charge in [0.2, 0.25) is 0 Å². The van der Waals surface area contributed by atoms with Gasteiger partial charge in [0.05, 0.1) is 11.7 Å². The molecular weight excluding hydrogens is 252 g/mol. The first kappa shape index (κ1) is 13.6. The molecule has 0 spiro atoms. The van der Waals surface area contributed by atoms with Crippen molar-refractivity contribution >= 4 is 5.97 Å². The summed E-state index contributed by atoms with van der Waals surface area (Å²) in [6.07, 6.45) is -1.71. The largest absolute Gasteiger partial charge is 0.507 e. The molecular formula is C13H16O6. The summed E-state index contributed by atoms with van der Waals surface area (Å²) in [7, 11) is 0. The zero-order valence-corrected chi connectivity index (χ0v) is 10.8. The first-order valence-electron chi connectivity index (χ1n) is 5.92. The Bertz CT molecular complexity index is 551. The van der Waals surface area contributed by atoms with Crippen LogP contribution in [0.25, 0.3) is 0 Å². The molecule has 1 aromatic rings. The lowest BCUT2D eigenvalue weighted by Gasteiger charge is -2.34. The molecule has 1 aromatic carbocycles. The van der Waals surface area contributed by atoms with Crippen LogP contribution >= 0.6 is 0 Å². The summed E-state index contributed by atoms with van der Waals surface area (Å²) < 4.78 is 5.26. The molecule has 0 aliphatic carbocycles. The number of phenols is 2. The van der Waals surface area contributed by atoms with Crippen LogP contribution in [-0.4, -0.2) is 32.5 Å². The molecule has 0 unspecified atom stereocenters. The summed E-state index contributed by atoms with van der Waals surface area (Å²) in [6, 6.07) is 0. The van der Waals surface area contributed by atoms with Crippen LogP contribution in [0.4, 0.5) is 0 Å². The fourth-order valence-corrected chi connectivity index (χ4v) is 2.55. The minimum atomic E-state index is -1.46. The maximum absolute atomic E-state index is 11.1. The minimum Gasteiger partial charge on any atom is -0.507 e. The molecule has 0 bridgehead atoms. The first-order valence-corrected chi connectivity index (χ1v) is 5.92. The van der Waals surface area contributed by atoms with Crippen LogP contribution in [0.1, 0.15) is 53.1 Å². The third-order valence-corrected chi connectivity index (χ3v) is 3.74. The lowest BCUT2D eigenvalue weighted by molar-refractivity contribution is -0.151. The van der Waals surface area contributed by atoms with E-state index in [1.165, 1.54) is 0 Å². The first-order chi connectivity index (χ1) is 8.77. The van der Waals surface area contributed by atoms with E-state index in [9.17, 15) is 20.1 Å². The monoisotopic (exact) mass is 268 g/mol. The molecule has 4 N–H and O–H groups in total. The number of ether oxygens (including phenoxy) is 1. The van der Waals surface area contributed by atoms with Crippen molar-refractivity contribution in [3.63, 3.8) is 0 Å². The van der Waals surface area contributed by atoms with Gasteiger partial charge in [-0.1, -0.05) is 6.92 Å². The topological polar surface area (TPSA) is 107 Å². The van der Waals surface area contributed by atoms with Crippen LogP contribution in [0.2, 0.25) is 0 Å². The van der Waals surface area contributed by atoms with E-state index in [1.54, 1.807) is 13.8 Å². The number of carboxylic acids is 1. The van der Waals surface area contributed by atoms with Gasteiger partial charge >= 0.3 is 5.97 Å². The average Bonchev–Trinajstić information content (AvgIpc) is 2.30. The molecule has 0 saturated heterocycles. The average molecular weight is 268 g/mol. The number of hydrogen-bond acceptors (Lipinski definition) is 5. The minimum absolute atomic E-state index is 0.0262. The molecule has 1 heterocycles. The van der Waals surface area contributed by atoms with Gasteiger partial charge < -0.3 is 25.2 Å². The summed E-state index contributed by atoms with van der Waals surface area (Å²) >= 11 is 0. The molecule has 0 radical (unpaired) electrons. The van der Waals surface area contributed by atoms with E-state index in [0.717, 1.165) is 0 Å². The Hall–Kier alpha value is -1.79. The maximum Gasteiger partial charge on any atom is 0.343 e. The molecule has 0 saturated carbocycles. The lowest BCUT2D eigenvalue weighted by Crippen LogP contribution is -2.28. The van der Waals surface area contributed by atoms with Crippen molar-refractivity contribution in [3.8, 4) is 11.5 Å². The van der Waals surface area contributed by atoms with Crippen LogP contribution in [-0.2, 0) is 4.74 Å². The Balaban J connectivity index is 2.83. The molecule has 0 fully saturated rings. The maximum atomic E-state index is 11.1. The SMILES string of the molecule is Cc1c(O)c(C(=O)O)c(O)c2c1[C@@H](C)[C@H](C)O[C@H]2O. The molecule has 0 aromatic heterocycles. The number of aromatic hydroxyl groups is 2. The van der Waals surface area contributed by atoms with Crippen LogP contribution < -0.4 is 0 Å². The summed E-state index contributed by atoms with van der Waals surface area (Å²) in [5, 5.41) is 38.9. The molecule has 1 aliphatic rings. The molecule has 104 valence electrons. The van der Waals surface area contributed by atoms with Gasteiger partial charge in [0, 0.05) is 5.92 Å². The summed E-state index contributed by atoms with van der Waals surface area (Å²) in [6.45, 7) is 5.14. The Morgan fingerprint density at radius 3 is 2.26 bits per heavy atom. The fraction of sp³-hybridized carbons (Fsp3) is 0.462. The highest BCUT2D eigenvalue weighted by molar-refractivity contribution is 5.95. The number of carbonyl (C=O) groups is 1. The van der Waals surface area contributed by atoms with Crippen molar-refractivity contribution in [1.29, 1.82) is 0 Å². The van der Waals surface area contributed by atoms with Crippen molar-refractivity contribution in [2.45, 2.75) is 39.1 Å². The van der Waals surface area contributed by atoms with E-state index < -0.39 is 29.3 Å². The predicted octanol–water partition coefficient (Wildman–Crippen LogP) is 1.62. The second-order valence-corrected chi connectivity index (χ2v) is 4.81. The van der Waals surface area contributed by atoms with Gasteiger partial charge in [-0.15, -0.1) is 0 Å². The quantitative estimate of drug-likeness (QED) is 0.616. The van der Waals surface area contributed by atoms with E-state index in [4.69, 9.17) is 9.84 Å². The fourth-order valence-electron chi connectivity index (χ4n) is 2.55. The molecule has 1 aliphatic heterocycles. The number of fused-ring (bicyclic) bond motifs is 1. The van der Waals surface area contributed by atoms with Gasteiger partial charge in [-0.25, -0.2) is 4.79 Å². The molecule has 2 rings (SSSR count). The zero-order chi connectivity index (χ0) is 14.5. The molecule has 6 nitrogen and oxygen atoms in total. The highest BCUT2D eigenvalue weighted by Gasteiger charge is 2.37. The molecule has 0 amide bonds. The Morgan fingerprint density at radius 1 is 1.16 bits per heavy atom. The lowest BCUT2D eigenvalue weighted by atomic mass is 9.83. The normalized spacial score (nSPS) is 26.0. The summed E-state index contributed by atoms with van der Waals surface area (Å²) in [5.41, 5.74) is 0.289. The molecule has 6 heteroatoms. The van der Waals surface area contributed by atoms with E-state index in [-0.39, 0.29) is 17.6 Å². The third kappa shape index (κ3) is 1.84. The molecule has 3 atom stereocenters. The Labute approximate surface area is 109 Å². The van der Waals surface area contributed by atoms with Crippen molar-refractivity contribution < 1.29 is 30.0 Å². The van der Waals surface area contributed by atoms with Gasteiger partial charge in [0.1, 0.15) is 17.1 Å². The van der Waals surface area contributed by atoms with Gasteiger partial charge in [0.15, 0.2) is 6.29 Å². The van der Waals surface area contributed by atoms with E-state index in [1.807, 2.05) is 6.92 Å². The highest BCUT2D eigenvalue weighted by Crippen LogP contribution is 2.47. The predicted molar refractivity (Wildman–Crippen MR) is 65.4 cm³/mol. The zero-order valence-electron chi connectivity index (χ0n) is 10.8. The number of aliphatic hydroxyl groups is 1. The number of carboxylic acid groups (broad SMARTS) is 1. The molecule has 19 heavy (non-hydrogen) atoms. The van der Waals surface area contributed by atoms with Crippen LogP contribution in [0.3, 0.4) is 0 Å². The van der Waals surface area contributed by atoms with Crippen molar-refractivity contribution in [1.82, 2.24) is 0 Å². The smallest absolute Gasteiger partial charge is 0.343 e. The summed E-state index contributed by atoms with van der Waals surface area (Å²) in [5.74, 6) is -2.76. The van der Waals surface area contributed by atoms with Gasteiger partial charge in [-0.05, 0) is 25.0 Å². The Morgan fingerprint density at radius 2 is 1.74 bits per heavy atom. The third-order valence-electron chi connectivity index (χ3n) is 3.74. The van der Waals surface area contributed by atoms with Gasteiger partial charge in [0.25, 0.3) is 0 Å².